The van der Waals surface area contributed by atoms with Crippen molar-refractivity contribution < 1.29 is 0 Å². The quantitative estimate of drug-likeness (QED) is 0.530. The van der Waals surface area contributed by atoms with E-state index in [2.05, 4.69) is 15.9 Å². The van der Waals surface area contributed by atoms with Crippen LogP contribution in [0.2, 0.25) is 0 Å². The molecule has 0 aromatic rings. The minimum absolute atomic E-state index is 0.785. The lowest BCUT2D eigenvalue weighted by molar-refractivity contribution is 0.152. The van der Waals surface area contributed by atoms with Gasteiger partial charge >= 0.3 is 0 Å². The number of piperazine rings is 1. The molecule has 1 atom stereocenters. The Labute approximate surface area is 70.5 Å². The Balaban J connectivity index is 2.28. The standard InChI is InChI=1S/C6H11N5O/c7-5-6(10-12)9-11-3-1-8-2-4-11/h6,8-9H,1-4H2. The zero-order valence-electron chi connectivity index (χ0n) is 6.66. The zero-order chi connectivity index (χ0) is 8.81. The van der Waals surface area contributed by atoms with Crippen molar-refractivity contribution in [1.29, 1.82) is 5.26 Å². The van der Waals surface area contributed by atoms with E-state index in [0.29, 0.717) is 0 Å². The van der Waals surface area contributed by atoms with Crippen LogP contribution < -0.4 is 10.7 Å². The van der Waals surface area contributed by atoms with Crippen molar-refractivity contribution in [3.05, 3.63) is 4.91 Å². The number of hydrogen-bond acceptors (Lipinski definition) is 6. The van der Waals surface area contributed by atoms with Crippen LogP contribution in [-0.4, -0.2) is 37.4 Å². The Bertz CT molecular complexity index is 183. The normalized spacial score (nSPS) is 21.2. The smallest absolute Gasteiger partial charge is 0.241 e. The van der Waals surface area contributed by atoms with Crippen LogP contribution in [0.4, 0.5) is 0 Å². The third-order valence-electron chi connectivity index (χ3n) is 1.65. The fourth-order valence-corrected chi connectivity index (χ4v) is 1.04. The third-order valence-corrected chi connectivity index (χ3v) is 1.65. The van der Waals surface area contributed by atoms with Gasteiger partial charge in [0.15, 0.2) is 0 Å². The molecule has 1 fully saturated rings. The fraction of sp³-hybridized carbons (Fsp3) is 0.833. The summed E-state index contributed by atoms with van der Waals surface area (Å²) in [6.45, 7) is 3.30. The van der Waals surface area contributed by atoms with Gasteiger partial charge in [-0.25, -0.2) is 10.4 Å². The third kappa shape index (κ3) is 2.54. The highest BCUT2D eigenvalue weighted by molar-refractivity contribution is 4.86. The lowest BCUT2D eigenvalue weighted by Gasteiger charge is -2.27. The van der Waals surface area contributed by atoms with Gasteiger partial charge in [-0.3, -0.25) is 0 Å². The maximum atomic E-state index is 10.0. The minimum atomic E-state index is -0.955. The Kier molecular flexibility index (Phi) is 3.60. The Morgan fingerprint density at radius 2 is 2.25 bits per heavy atom. The van der Waals surface area contributed by atoms with Gasteiger partial charge in [0.05, 0.1) is 0 Å². The highest BCUT2D eigenvalue weighted by Crippen LogP contribution is 1.90. The van der Waals surface area contributed by atoms with E-state index in [1.165, 1.54) is 0 Å². The van der Waals surface area contributed by atoms with Crippen LogP contribution in [0.15, 0.2) is 5.18 Å². The largest absolute Gasteiger partial charge is 0.314 e. The Morgan fingerprint density at radius 1 is 1.58 bits per heavy atom. The molecular formula is C6H11N5O. The summed E-state index contributed by atoms with van der Waals surface area (Å²) in [6, 6.07) is 1.75. The average Bonchev–Trinajstić information content (AvgIpc) is 2.16. The van der Waals surface area contributed by atoms with Crippen molar-refractivity contribution in [2.24, 2.45) is 5.18 Å². The van der Waals surface area contributed by atoms with Crippen molar-refractivity contribution >= 4 is 0 Å². The minimum Gasteiger partial charge on any atom is -0.314 e. The maximum absolute atomic E-state index is 10.0. The molecule has 0 aliphatic carbocycles. The van der Waals surface area contributed by atoms with Crippen LogP contribution in [0.3, 0.4) is 0 Å². The average molecular weight is 169 g/mol. The monoisotopic (exact) mass is 169 g/mol. The number of hydrazine groups is 1. The van der Waals surface area contributed by atoms with Crippen LogP contribution in [0.1, 0.15) is 0 Å². The van der Waals surface area contributed by atoms with E-state index >= 15 is 0 Å². The Morgan fingerprint density at radius 3 is 2.75 bits per heavy atom. The number of rotatable bonds is 3. The van der Waals surface area contributed by atoms with Crippen molar-refractivity contribution in [1.82, 2.24) is 15.8 Å². The number of nitrogens with zero attached hydrogens (tertiary/aromatic N) is 3. The van der Waals surface area contributed by atoms with Crippen LogP contribution in [-0.2, 0) is 0 Å². The maximum Gasteiger partial charge on any atom is 0.241 e. The molecule has 0 saturated carbocycles. The second kappa shape index (κ2) is 4.77. The molecule has 66 valence electrons. The second-order valence-electron chi connectivity index (χ2n) is 2.50. The molecule has 12 heavy (non-hydrogen) atoms. The topological polar surface area (TPSA) is 80.5 Å². The van der Waals surface area contributed by atoms with Crippen LogP contribution >= 0.6 is 0 Å². The van der Waals surface area contributed by atoms with Gasteiger partial charge in [-0.2, -0.15) is 5.26 Å². The summed E-state index contributed by atoms with van der Waals surface area (Å²) in [7, 11) is 0. The molecule has 1 unspecified atom stereocenters. The molecular weight excluding hydrogens is 158 g/mol. The summed E-state index contributed by atoms with van der Waals surface area (Å²) in [5, 5.41) is 16.0. The molecule has 6 heteroatoms. The van der Waals surface area contributed by atoms with Crippen molar-refractivity contribution in [3.8, 4) is 6.07 Å². The summed E-state index contributed by atoms with van der Waals surface area (Å²) in [4.78, 5) is 10.0. The van der Waals surface area contributed by atoms with Gasteiger partial charge in [-0.15, -0.1) is 4.91 Å². The van der Waals surface area contributed by atoms with Crippen molar-refractivity contribution in [3.63, 3.8) is 0 Å². The van der Waals surface area contributed by atoms with Gasteiger partial charge in [-0.1, -0.05) is 0 Å². The second-order valence-corrected chi connectivity index (χ2v) is 2.50. The van der Waals surface area contributed by atoms with Gasteiger partial charge in [-0.05, 0) is 5.18 Å². The highest BCUT2D eigenvalue weighted by atomic mass is 16.3. The molecule has 1 saturated heterocycles. The highest BCUT2D eigenvalue weighted by Gasteiger charge is 2.14. The Hall–Kier alpha value is -1.03. The van der Waals surface area contributed by atoms with E-state index in [4.69, 9.17) is 5.26 Å². The van der Waals surface area contributed by atoms with Gasteiger partial charge < -0.3 is 5.32 Å². The van der Waals surface area contributed by atoms with Gasteiger partial charge in [0.1, 0.15) is 6.07 Å². The number of nitrogens with one attached hydrogen (secondary N) is 2. The van der Waals surface area contributed by atoms with Crippen LogP contribution in [0.25, 0.3) is 0 Å². The van der Waals surface area contributed by atoms with Crippen LogP contribution in [0, 0.1) is 16.2 Å². The first kappa shape index (κ1) is 9.06. The predicted molar refractivity (Wildman–Crippen MR) is 42.8 cm³/mol. The first-order valence-electron chi connectivity index (χ1n) is 3.80. The summed E-state index contributed by atoms with van der Waals surface area (Å²) in [5.41, 5.74) is 2.71. The molecule has 1 heterocycles. The van der Waals surface area contributed by atoms with Gasteiger partial charge in [0.25, 0.3) is 0 Å². The lowest BCUT2D eigenvalue weighted by Crippen LogP contribution is -2.52. The first-order chi connectivity index (χ1) is 5.86. The van der Waals surface area contributed by atoms with Crippen molar-refractivity contribution in [2.45, 2.75) is 6.17 Å². The number of hydrogen-bond donors (Lipinski definition) is 2. The summed E-state index contributed by atoms with van der Waals surface area (Å²) in [6.07, 6.45) is -0.955. The lowest BCUT2D eigenvalue weighted by atomic mass is 10.4. The molecule has 1 aliphatic heterocycles. The van der Waals surface area contributed by atoms with Gasteiger partial charge in [0, 0.05) is 26.2 Å². The molecule has 6 nitrogen and oxygen atoms in total. The molecule has 1 rings (SSSR count). The van der Waals surface area contributed by atoms with E-state index < -0.39 is 6.17 Å². The number of nitriles is 1. The summed E-state index contributed by atoms with van der Waals surface area (Å²) >= 11 is 0. The zero-order valence-corrected chi connectivity index (χ0v) is 6.66. The fourth-order valence-electron chi connectivity index (χ4n) is 1.04. The predicted octanol–water partition coefficient (Wildman–Crippen LogP) is -0.988. The van der Waals surface area contributed by atoms with Crippen LogP contribution in [0.5, 0.6) is 0 Å². The molecule has 0 aromatic heterocycles. The molecule has 0 bridgehead atoms. The van der Waals surface area contributed by atoms with E-state index in [-0.39, 0.29) is 0 Å². The molecule has 1 aliphatic rings. The molecule has 0 radical (unpaired) electrons. The van der Waals surface area contributed by atoms with E-state index in [9.17, 15) is 4.91 Å². The molecule has 0 amide bonds. The van der Waals surface area contributed by atoms with E-state index in [1.54, 1.807) is 6.07 Å². The SMILES string of the molecule is N#CC(N=O)NN1CCNCC1. The van der Waals surface area contributed by atoms with E-state index in [1.807, 2.05) is 5.01 Å². The first-order valence-corrected chi connectivity index (χ1v) is 3.80. The summed E-state index contributed by atoms with van der Waals surface area (Å²) in [5.74, 6) is 0. The van der Waals surface area contributed by atoms with Gasteiger partial charge in [0.2, 0.25) is 6.17 Å². The summed E-state index contributed by atoms with van der Waals surface area (Å²) < 4.78 is 0. The number of nitroso groups, excluding NO2 is 1. The molecule has 0 aromatic carbocycles. The van der Waals surface area contributed by atoms with E-state index in [0.717, 1.165) is 26.2 Å². The molecule has 0 spiro atoms. The molecule has 2 N–H and O–H groups in total. The van der Waals surface area contributed by atoms with Crippen molar-refractivity contribution in [2.75, 3.05) is 26.2 Å².